The van der Waals surface area contributed by atoms with Crippen LogP contribution in [0.2, 0.25) is 0 Å². The van der Waals surface area contributed by atoms with E-state index in [1.165, 1.54) is 4.88 Å². The second kappa shape index (κ2) is 6.70. The van der Waals surface area contributed by atoms with E-state index in [1.807, 2.05) is 0 Å². The van der Waals surface area contributed by atoms with Crippen molar-refractivity contribution in [3.05, 3.63) is 34.8 Å². The van der Waals surface area contributed by atoms with Gasteiger partial charge >= 0.3 is 0 Å². The van der Waals surface area contributed by atoms with Gasteiger partial charge in [-0.2, -0.15) is 5.10 Å². The van der Waals surface area contributed by atoms with Gasteiger partial charge in [0, 0.05) is 24.2 Å². The number of hydrogen-bond acceptors (Lipinski definition) is 5. The molecule has 5 nitrogen and oxygen atoms in total. The zero-order valence-electron chi connectivity index (χ0n) is 11.1. The molecule has 0 saturated heterocycles. The maximum Gasteiger partial charge on any atom is 0.0862 e. The molecule has 1 atom stereocenters. The molecule has 3 N–H and O–H groups in total. The molecule has 1 unspecified atom stereocenters. The highest BCUT2D eigenvalue weighted by Gasteiger charge is 2.12. The van der Waals surface area contributed by atoms with Crippen LogP contribution in [-0.4, -0.2) is 39.0 Å². The number of hydrogen-bond donors (Lipinski definition) is 2. The predicted molar refractivity (Wildman–Crippen MR) is 77.9 cm³/mol. The van der Waals surface area contributed by atoms with Crippen molar-refractivity contribution in [2.75, 3.05) is 18.8 Å². The average Bonchev–Trinajstić information content (AvgIpc) is 3.00. The number of aliphatic hydroxyl groups is 1. The number of aromatic nitrogens is 2. The Morgan fingerprint density at radius 1 is 1.58 bits per heavy atom. The lowest BCUT2D eigenvalue weighted by molar-refractivity contribution is 0.0945. The highest BCUT2D eigenvalue weighted by Crippen LogP contribution is 2.12. The third kappa shape index (κ3) is 4.34. The minimum Gasteiger partial charge on any atom is -0.396 e. The Hall–Kier alpha value is -1.37. The molecule has 0 fully saturated rings. The number of nitrogens with zero attached hydrogens (tertiary/aromatic N) is 3. The van der Waals surface area contributed by atoms with Gasteiger partial charge in [-0.05, 0) is 18.0 Å². The number of likely N-dealkylation sites (N-methyl/N-ethyl adjacent to an activating group) is 1. The first-order chi connectivity index (χ1) is 9.17. The van der Waals surface area contributed by atoms with Gasteiger partial charge in [-0.15, -0.1) is 11.3 Å². The summed E-state index contributed by atoms with van der Waals surface area (Å²) in [6, 6.07) is 4.17. The highest BCUT2D eigenvalue weighted by atomic mass is 32.1. The lowest BCUT2D eigenvalue weighted by Gasteiger charge is -2.23. The molecule has 0 aliphatic rings. The Kier molecular flexibility index (Phi) is 4.95. The zero-order chi connectivity index (χ0) is 13.7. The van der Waals surface area contributed by atoms with Crippen LogP contribution in [0.15, 0.2) is 29.9 Å². The Morgan fingerprint density at radius 2 is 2.42 bits per heavy atom. The molecule has 0 saturated carbocycles. The third-order valence-electron chi connectivity index (χ3n) is 2.93. The smallest absolute Gasteiger partial charge is 0.0862 e. The molecule has 2 aromatic rings. The van der Waals surface area contributed by atoms with Crippen molar-refractivity contribution >= 4 is 17.0 Å². The minimum atomic E-state index is -0.445. The minimum absolute atomic E-state index is 0.445. The van der Waals surface area contributed by atoms with E-state index in [1.54, 1.807) is 28.4 Å². The van der Waals surface area contributed by atoms with Crippen LogP contribution >= 0.6 is 11.3 Å². The normalized spacial score (nSPS) is 13.0. The molecular weight excluding hydrogens is 260 g/mol. The van der Waals surface area contributed by atoms with Crippen LogP contribution in [0.3, 0.4) is 0 Å². The van der Waals surface area contributed by atoms with Gasteiger partial charge in [-0.25, -0.2) is 0 Å². The van der Waals surface area contributed by atoms with Crippen molar-refractivity contribution in [2.24, 2.45) is 0 Å². The van der Waals surface area contributed by atoms with Gasteiger partial charge in [-0.1, -0.05) is 13.0 Å². The number of nitrogens with two attached hydrogens (primary N) is 1. The molecule has 6 heteroatoms. The molecule has 0 bridgehead atoms. The largest absolute Gasteiger partial charge is 0.396 e. The fourth-order valence-electron chi connectivity index (χ4n) is 1.98. The van der Waals surface area contributed by atoms with Crippen molar-refractivity contribution in [2.45, 2.75) is 26.1 Å². The van der Waals surface area contributed by atoms with Gasteiger partial charge in [-0.3, -0.25) is 9.58 Å². The van der Waals surface area contributed by atoms with Crippen LogP contribution in [-0.2, 0) is 13.1 Å². The van der Waals surface area contributed by atoms with E-state index >= 15 is 0 Å². The van der Waals surface area contributed by atoms with Crippen LogP contribution in [0.4, 0.5) is 5.69 Å². The fraction of sp³-hybridized carbons (Fsp3) is 0.462. The maximum atomic E-state index is 10.1. The molecule has 0 aromatic carbocycles. The summed E-state index contributed by atoms with van der Waals surface area (Å²) in [4.78, 5) is 3.54. The van der Waals surface area contributed by atoms with Gasteiger partial charge in [0.15, 0.2) is 0 Å². The summed E-state index contributed by atoms with van der Waals surface area (Å²) in [5, 5.41) is 16.3. The SMILES string of the molecule is CCN(Cc1cccs1)CC(O)Cn1cc(N)cn1. The van der Waals surface area contributed by atoms with Crippen molar-refractivity contribution in [1.82, 2.24) is 14.7 Å². The van der Waals surface area contributed by atoms with Crippen molar-refractivity contribution in [3.8, 4) is 0 Å². The lowest BCUT2D eigenvalue weighted by atomic mass is 10.3. The van der Waals surface area contributed by atoms with Crippen LogP contribution in [0.5, 0.6) is 0 Å². The van der Waals surface area contributed by atoms with Crippen LogP contribution in [0.25, 0.3) is 0 Å². The van der Waals surface area contributed by atoms with Crippen LogP contribution in [0, 0.1) is 0 Å². The van der Waals surface area contributed by atoms with E-state index in [9.17, 15) is 5.11 Å². The van der Waals surface area contributed by atoms with E-state index in [2.05, 4.69) is 34.4 Å². The monoisotopic (exact) mass is 280 g/mol. The summed E-state index contributed by atoms with van der Waals surface area (Å²) >= 11 is 1.74. The molecule has 0 amide bonds. The third-order valence-corrected chi connectivity index (χ3v) is 3.79. The molecule has 2 heterocycles. The summed E-state index contributed by atoms with van der Waals surface area (Å²) in [5.74, 6) is 0. The van der Waals surface area contributed by atoms with Gasteiger partial charge in [0.1, 0.15) is 0 Å². The van der Waals surface area contributed by atoms with E-state index in [-0.39, 0.29) is 0 Å². The molecular formula is C13H20N4OS. The highest BCUT2D eigenvalue weighted by molar-refractivity contribution is 7.09. The predicted octanol–water partition coefficient (Wildman–Crippen LogP) is 1.41. The number of anilines is 1. The molecule has 2 rings (SSSR count). The van der Waals surface area contributed by atoms with Crippen molar-refractivity contribution in [1.29, 1.82) is 0 Å². The summed E-state index contributed by atoms with van der Waals surface area (Å²) < 4.78 is 1.68. The molecule has 2 aromatic heterocycles. The Balaban J connectivity index is 1.83. The van der Waals surface area contributed by atoms with Gasteiger partial charge < -0.3 is 10.8 Å². The summed E-state index contributed by atoms with van der Waals surface area (Å²) in [5.41, 5.74) is 6.22. The first-order valence-corrected chi connectivity index (χ1v) is 7.26. The Labute approximate surface area is 117 Å². The number of nitrogen functional groups attached to an aromatic ring is 1. The summed E-state index contributed by atoms with van der Waals surface area (Å²) in [7, 11) is 0. The van der Waals surface area contributed by atoms with E-state index in [0.717, 1.165) is 13.1 Å². The summed E-state index contributed by atoms with van der Waals surface area (Å²) in [6.07, 6.45) is 2.88. The number of thiophene rings is 1. The molecule has 0 spiro atoms. The Bertz CT molecular complexity index is 483. The molecule has 0 aliphatic carbocycles. The maximum absolute atomic E-state index is 10.1. The quantitative estimate of drug-likeness (QED) is 0.805. The van der Waals surface area contributed by atoms with Crippen LogP contribution in [0.1, 0.15) is 11.8 Å². The Morgan fingerprint density at radius 3 is 3.00 bits per heavy atom. The van der Waals surface area contributed by atoms with Crippen molar-refractivity contribution in [3.63, 3.8) is 0 Å². The second-order valence-electron chi connectivity index (χ2n) is 4.56. The van der Waals surface area contributed by atoms with Crippen LogP contribution < -0.4 is 5.73 Å². The lowest BCUT2D eigenvalue weighted by Crippen LogP contribution is -2.34. The average molecular weight is 280 g/mol. The van der Waals surface area contributed by atoms with E-state index in [0.29, 0.717) is 18.8 Å². The first-order valence-electron chi connectivity index (χ1n) is 6.38. The molecule has 19 heavy (non-hydrogen) atoms. The van der Waals surface area contributed by atoms with Gasteiger partial charge in [0.25, 0.3) is 0 Å². The summed E-state index contributed by atoms with van der Waals surface area (Å²) in [6.45, 7) is 5.00. The molecule has 104 valence electrons. The zero-order valence-corrected chi connectivity index (χ0v) is 11.9. The standard InChI is InChI=1S/C13H20N4OS/c1-2-16(10-13-4-3-5-19-13)8-12(18)9-17-7-11(14)6-15-17/h3-7,12,18H,2,8-10,14H2,1H3. The van der Waals surface area contributed by atoms with Crippen molar-refractivity contribution < 1.29 is 5.11 Å². The second-order valence-corrected chi connectivity index (χ2v) is 5.59. The first kappa shape index (κ1) is 14.0. The topological polar surface area (TPSA) is 67.3 Å². The van der Waals surface area contributed by atoms with E-state index in [4.69, 9.17) is 5.73 Å². The molecule has 0 radical (unpaired) electrons. The van der Waals surface area contributed by atoms with Gasteiger partial charge in [0.2, 0.25) is 0 Å². The van der Waals surface area contributed by atoms with E-state index < -0.39 is 6.10 Å². The number of rotatable bonds is 7. The number of aliphatic hydroxyl groups excluding tert-OH is 1. The fourth-order valence-corrected chi connectivity index (χ4v) is 2.73. The van der Waals surface area contributed by atoms with Gasteiger partial charge in [0.05, 0.1) is 24.5 Å². The molecule has 0 aliphatic heterocycles.